The normalized spacial score (nSPS) is 16.8. The van der Waals surface area contributed by atoms with Crippen molar-refractivity contribution in [2.45, 2.75) is 12.5 Å². The maximum absolute atomic E-state index is 15.4. The lowest BCUT2D eigenvalue weighted by molar-refractivity contribution is -0.105. The third kappa shape index (κ3) is 2.79. The fraction of sp³-hybridized carbons (Fsp3) is 0.222. The summed E-state index contributed by atoms with van der Waals surface area (Å²) < 4.78 is 17.0. The van der Waals surface area contributed by atoms with E-state index in [1.165, 1.54) is 6.20 Å². The number of aromatic nitrogens is 5. The molecule has 1 aliphatic rings. The summed E-state index contributed by atoms with van der Waals surface area (Å²) in [6, 6.07) is 0. The molecule has 11 heteroatoms. The van der Waals surface area contributed by atoms with Gasteiger partial charge in [-0.25, -0.2) is 9.37 Å². The van der Waals surface area contributed by atoms with Gasteiger partial charge in [0.15, 0.2) is 17.3 Å². The molecule has 148 valence electrons. The molecule has 1 aromatic carbocycles. The summed E-state index contributed by atoms with van der Waals surface area (Å²) in [5.74, 6) is -0.226. The van der Waals surface area contributed by atoms with Crippen molar-refractivity contribution in [3.63, 3.8) is 0 Å². The second-order valence-electron chi connectivity index (χ2n) is 6.83. The zero-order chi connectivity index (χ0) is 20.1. The molecule has 1 unspecified atom stereocenters. The summed E-state index contributed by atoms with van der Waals surface area (Å²) >= 11 is 6.46. The van der Waals surface area contributed by atoms with Gasteiger partial charge < -0.3 is 19.7 Å². The molecule has 0 saturated carbocycles. The average Bonchev–Trinajstić information content (AvgIpc) is 3.42. The Kier molecular flexibility index (Phi) is 4.10. The van der Waals surface area contributed by atoms with Crippen molar-refractivity contribution >= 4 is 46.1 Å². The lowest BCUT2D eigenvalue weighted by atomic mass is 10.0. The van der Waals surface area contributed by atoms with Crippen molar-refractivity contribution in [2.75, 3.05) is 23.3 Å². The van der Waals surface area contributed by atoms with Crippen molar-refractivity contribution in [1.82, 2.24) is 24.6 Å². The number of aromatic amines is 1. The van der Waals surface area contributed by atoms with Crippen LogP contribution >= 0.6 is 11.6 Å². The van der Waals surface area contributed by atoms with Crippen molar-refractivity contribution in [1.29, 1.82) is 0 Å². The van der Waals surface area contributed by atoms with Gasteiger partial charge in [0.2, 0.25) is 6.41 Å². The molecule has 0 spiro atoms. The number of nitrogens with one attached hydrogen (secondary N) is 2. The van der Waals surface area contributed by atoms with Gasteiger partial charge in [-0.3, -0.25) is 14.9 Å². The molecule has 5 rings (SSSR count). The zero-order valence-electron chi connectivity index (χ0n) is 14.9. The monoisotopic (exact) mass is 415 g/mol. The summed E-state index contributed by atoms with van der Waals surface area (Å²) in [6.45, 7) is 0.847. The van der Waals surface area contributed by atoms with Gasteiger partial charge in [0.25, 0.3) is 0 Å². The van der Waals surface area contributed by atoms with Gasteiger partial charge in [-0.2, -0.15) is 5.10 Å². The molecule has 0 radical (unpaired) electrons. The molecule has 4 aromatic rings. The van der Waals surface area contributed by atoms with E-state index in [-0.39, 0.29) is 5.02 Å². The smallest absolute Gasteiger partial charge is 0.212 e. The largest absolute Gasteiger partial charge is 0.391 e. The fourth-order valence-electron chi connectivity index (χ4n) is 3.75. The average molecular weight is 416 g/mol. The number of H-pyrrole nitrogens is 1. The molecule has 29 heavy (non-hydrogen) atoms. The molecular weight excluding hydrogens is 401 g/mol. The van der Waals surface area contributed by atoms with Gasteiger partial charge >= 0.3 is 0 Å². The highest BCUT2D eigenvalue weighted by Gasteiger charge is 2.29. The Morgan fingerprint density at radius 1 is 1.38 bits per heavy atom. The first kappa shape index (κ1) is 17.8. The predicted octanol–water partition coefficient (Wildman–Crippen LogP) is 2.20. The minimum absolute atomic E-state index is 0.0755. The first-order valence-corrected chi connectivity index (χ1v) is 9.27. The Morgan fingerprint density at radius 3 is 3.00 bits per heavy atom. The number of fused-ring (bicyclic) bond motifs is 2. The molecule has 1 atom stereocenters. The number of hydrogen-bond donors (Lipinski definition) is 3. The first-order valence-electron chi connectivity index (χ1n) is 8.89. The molecule has 1 aliphatic heterocycles. The summed E-state index contributed by atoms with van der Waals surface area (Å²) in [5.41, 5.74) is 2.13. The maximum atomic E-state index is 15.4. The summed E-state index contributed by atoms with van der Waals surface area (Å²) in [5, 5.41) is 19.8. The number of carbonyl (C=O) groups excluding carboxylic acids is 1. The lowest BCUT2D eigenvalue weighted by Gasteiger charge is -2.21. The second kappa shape index (κ2) is 6.68. The van der Waals surface area contributed by atoms with E-state index in [1.807, 2.05) is 0 Å². The van der Waals surface area contributed by atoms with Gasteiger partial charge in [-0.05, 0) is 6.42 Å². The van der Waals surface area contributed by atoms with Crippen molar-refractivity contribution in [2.24, 2.45) is 0 Å². The van der Waals surface area contributed by atoms with E-state index in [9.17, 15) is 9.90 Å². The van der Waals surface area contributed by atoms with Crippen LogP contribution in [-0.2, 0) is 4.79 Å². The van der Waals surface area contributed by atoms with Gasteiger partial charge in [0, 0.05) is 30.2 Å². The van der Waals surface area contributed by atoms with Crippen molar-refractivity contribution in [3.05, 3.63) is 35.6 Å². The van der Waals surface area contributed by atoms with Gasteiger partial charge in [-0.15, -0.1) is 0 Å². The summed E-state index contributed by atoms with van der Waals surface area (Å²) in [7, 11) is 0. The number of β-amino-alcohol motifs (C(OH)–C–C–N with tert-alkyl or cyclic N) is 1. The third-order valence-corrected chi connectivity index (χ3v) is 5.40. The van der Waals surface area contributed by atoms with Crippen LogP contribution in [0, 0.1) is 5.82 Å². The molecule has 1 fully saturated rings. The Morgan fingerprint density at radius 2 is 2.24 bits per heavy atom. The fourth-order valence-corrected chi connectivity index (χ4v) is 4.04. The molecular formula is C18H15ClFN7O2. The SMILES string of the molecule is O=CNc1cn2cc(-c3c(Cl)c(F)c(N4CCC(O)C4)c4[nH]ncc34)ncc2n1. The maximum Gasteiger partial charge on any atom is 0.212 e. The number of anilines is 2. The Balaban J connectivity index is 1.70. The Labute approximate surface area is 168 Å². The Bertz CT molecular complexity index is 1250. The van der Waals surface area contributed by atoms with Crippen LogP contribution in [0.5, 0.6) is 0 Å². The predicted molar refractivity (Wildman–Crippen MR) is 106 cm³/mol. The highest BCUT2D eigenvalue weighted by molar-refractivity contribution is 6.35. The summed E-state index contributed by atoms with van der Waals surface area (Å²) in [4.78, 5) is 21.0. The van der Waals surface area contributed by atoms with Crippen LogP contribution in [0.3, 0.4) is 0 Å². The minimum Gasteiger partial charge on any atom is -0.391 e. The second-order valence-corrected chi connectivity index (χ2v) is 7.20. The molecule has 3 N–H and O–H groups in total. The zero-order valence-corrected chi connectivity index (χ0v) is 15.7. The van der Waals surface area contributed by atoms with Crippen LogP contribution in [0.25, 0.3) is 27.8 Å². The first-order chi connectivity index (χ1) is 14.1. The number of amides is 1. The summed E-state index contributed by atoms with van der Waals surface area (Å²) in [6.07, 6.45) is 6.94. The van der Waals surface area contributed by atoms with E-state index < -0.39 is 11.9 Å². The lowest BCUT2D eigenvalue weighted by Crippen LogP contribution is -2.23. The molecule has 1 saturated heterocycles. The minimum atomic E-state index is -0.594. The van der Waals surface area contributed by atoms with Crippen LogP contribution in [0.15, 0.2) is 24.8 Å². The molecule has 9 nitrogen and oxygen atoms in total. The number of hydrogen-bond acceptors (Lipinski definition) is 6. The van der Waals surface area contributed by atoms with Gasteiger partial charge in [0.1, 0.15) is 5.69 Å². The van der Waals surface area contributed by atoms with E-state index >= 15 is 4.39 Å². The number of aliphatic hydroxyl groups excluding tert-OH is 1. The number of imidazole rings is 1. The standard InChI is InChI=1S/C18H15ClFN7O2/c19-15-14(11-6-27-7-12(22-8-28)24-13(27)4-21-11)10-3-23-25-17(10)18(16(15)20)26-2-1-9(29)5-26/h3-4,6-9,29H,1-2,5H2,(H,22,28)(H,23,25). The Hall–Kier alpha value is -3.24. The number of benzene rings is 1. The topological polar surface area (TPSA) is 111 Å². The number of halogens is 2. The third-order valence-electron chi connectivity index (χ3n) is 5.05. The van der Waals surface area contributed by atoms with Gasteiger partial charge in [-0.1, -0.05) is 11.6 Å². The number of rotatable bonds is 4. The van der Waals surface area contributed by atoms with E-state index in [0.29, 0.717) is 65.2 Å². The van der Waals surface area contributed by atoms with Crippen LogP contribution in [0.1, 0.15) is 6.42 Å². The molecule has 3 aromatic heterocycles. The van der Waals surface area contributed by atoms with E-state index in [2.05, 4.69) is 25.5 Å². The van der Waals surface area contributed by atoms with Crippen LogP contribution in [-0.4, -0.2) is 55.3 Å². The van der Waals surface area contributed by atoms with E-state index in [0.717, 1.165) is 0 Å². The number of nitrogens with zero attached hydrogens (tertiary/aromatic N) is 5. The van der Waals surface area contributed by atoms with Crippen LogP contribution < -0.4 is 10.2 Å². The van der Waals surface area contributed by atoms with Gasteiger partial charge in [0.05, 0.1) is 40.9 Å². The highest BCUT2D eigenvalue weighted by Crippen LogP contribution is 2.42. The number of carbonyl (C=O) groups is 1. The molecule has 0 aliphatic carbocycles. The number of aliphatic hydroxyl groups is 1. The molecule has 1 amide bonds. The van der Waals surface area contributed by atoms with E-state index in [1.54, 1.807) is 27.9 Å². The quantitative estimate of drug-likeness (QED) is 0.441. The van der Waals surface area contributed by atoms with Crippen LogP contribution in [0.2, 0.25) is 5.02 Å². The van der Waals surface area contributed by atoms with Crippen LogP contribution in [0.4, 0.5) is 15.9 Å². The molecule has 4 heterocycles. The highest BCUT2D eigenvalue weighted by atomic mass is 35.5. The van der Waals surface area contributed by atoms with E-state index in [4.69, 9.17) is 11.6 Å². The molecule has 0 bridgehead atoms. The van der Waals surface area contributed by atoms with Crippen molar-refractivity contribution < 1.29 is 14.3 Å². The van der Waals surface area contributed by atoms with Crippen molar-refractivity contribution in [3.8, 4) is 11.3 Å².